The minimum atomic E-state index is 0.633. The summed E-state index contributed by atoms with van der Waals surface area (Å²) < 4.78 is 0. The molecule has 0 amide bonds. The summed E-state index contributed by atoms with van der Waals surface area (Å²) in [5.41, 5.74) is 4.87. The first-order valence-electron chi connectivity index (χ1n) is 6.68. The highest BCUT2D eigenvalue weighted by Crippen LogP contribution is 2.34. The number of rotatable bonds is 1. The van der Waals surface area contributed by atoms with Gasteiger partial charge in [-0.1, -0.05) is 31.5 Å². The molecule has 1 aliphatic carbocycles. The Labute approximate surface area is 98.3 Å². The molecule has 1 nitrogen and oxygen atoms in total. The van der Waals surface area contributed by atoms with E-state index in [2.05, 4.69) is 30.4 Å². The maximum atomic E-state index is 3.68. The van der Waals surface area contributed by atoms with Crippen molar-refractivity contribution in [2.75, 3.05) is 6.54 Å². The minimum Gasteiger partial charge on any atom is -0.310 e. The summed E-state index contributed by atoms with van der Waals surface area (Å²) in [6.07, 6.45) is 6.64. The lowest BCUT2D eigenvalue weighted by atomic mass is 9.92. The third-order valence-corrected chi connectivity index (χ3v) is 4.12. The highest BCUT2D eigenvalue weighted by atomic mass is 14.9. The fourth-order valence-electron chi connectivity index (χ4n) is 3.33. The van der Waals surface area contributed by atoms with Gasteiger partial charge in [0, 0.05) is 6.04 Å². The van der Waals surface area contributed by atoms with Gasteiger partial charge in [-0.15, -0.1) is 0 Å². The zero-order chi connectivity index (χ0) is 11.0. The van der Waals surface area contributed by atoms with Crippen molar-refractivity contribution in [1.29, 1.82) is 0 Å². The molecule has 2 atom stereocenters. The molecule has 2 unspecified atom stereocenters. The smallest absolute Gasteiger partial charge is 0.0323 e. The predicted molar refractivity (Wildman–Crippen MR) is 67.6 cm³/mol. The second-order valence-corrected chi connectivity index (χ2v) is 5.50. The van der Waals surface area contributed by atoms with Crippen LogP contribution in [0, 0.1) is 5.92 Å². The molecule has 86 valence electrons. The molecular formula is C15H21N. The number of nitrogens with one attached hydrogen (secondary N) is 1. The van der Waals surface area contributed by atoms with Crippen LogP contribution >= 0.6 is 0 Å². The molecule has 1 fully saturated rings. The lowest BCUT2D eigenvalue weighted by Gasteiger charge is -2.26. The van der Waals surface area contributed by atoms with E-state index in [-0.39, 0.29) is 0 Å². The van der Waals surface area contributed by atoms with Crippen molar-refractivity contribution < 1.29 is 0 Å². The molecule has 1 aromatic carbocycles. The van der Waals surface area contributed by atoms with Crippen LogP contribution in [-0.4, -0.2) is 6.54 Å². The second-order valence-electron chi connectivity index (χ2n) is 5.50. The second kappa shape index (κ2) is 4.21. The summed E-state index contributed by atoms with van der Waals surface area (Å²) in [5, 5.41) is 3.68. The molecule has 1 aromatic rings. The van der Waals surface area contributed by atoms with E-state index in [9.17, 15) is 0 Å². The van der Waals surface area contributed by atoms with Gasteiger partial charge in [0.05, 0.1) is 0 Å². The first-order chi connectivity index (χ1) is 7.84. The van der Waals surface area contributed by atoms with Gasteiger partial charge in [0.25, 0.3) is 0 Å². The zero-order valence-corrected chi connectivity index (χ0v) is 10.1. The number of benzene rings is 1. The molecule has 3 rings (SSSR count). The fourth-order valence-corrected chi connectivity index (χ4v) is 3.33. The summed E-state index contributed by atoms with van der Waals surface area (Å²) in [7, 11) is 0. The molecule has 0 radical (unpaired) electrons. The lowest BCUT2D eigenvalue weighted by Crippen LogP contribution is -2.27. The summed E-state index contributed by atoms with van der Waals surface area (Å²) in [6, 6.07) is 7.56. The molecule has 1 N–H and O–H groups in total. The third-order valence-electron chi connectivity index (χ3n) is 4.12. The standard InChI is InChI=1S/C15H21N/c1-11-9-12-5-4-6-13(14(12)10-11)15-7-2-3-8-16-15/h4-6,11,15-16H,2-3,7-10H2,1H3. The minimum absolute atomic E-state index is 0.633. The van der Waals surface area contributed by atoms with E-state index in [1.807, 2.05) is 0 Å². The SMILES string of the molecule is CC1Cc2cccc(C3CCCCN3)c2C1. The monoisotopic (exact) mass is 215 g/mol. The first-order valence-corrected chi connectivity index (χ1v) is 6.68. The zero-order valence-electron chi connectivity index (χ0n) is 10.1. The van der Waals surface area contributed by atoms with Gasteiger partial charge in [-0.2, -0.15) is 0 Å². The Hall–Kier alpha value is -0.820. The number of fused-ring (bicyclic) bond motifs is 1. The van der Waals surface area contributed by atoms with Crippen LogP contribution in [0.3, 0.4) is 0 Å². The average Bonchev–Trinajstić information content (AvgIpc) is 2.70. The summed E-state index contributed by atoms with van der Waals surface area (Å²) >= 11 is 0. The molecule has 0 spiro atoms. The topological polar surface area (TPSA) is 12.0 Å². The van der Waals surface area contributed by atoms with Crippen LogP contribution in [0.15, 0.2) is 18.2 Å². The summed E-state index contributed by atoms with van der Waals surface area (Å²) in [4.78, 5) is 0. The number of piperidine rings is 1. The van der Waals surface area contributed by atoms with Gasteiger partial charge < -0.3 is 5.32 Å². The summed E-state index contributed by atoms with van der Waals surface area (Å²) in [6.45, 7) is 3.57. The Balaban J connectivity index is 1.92. The van der Waals surface area contributed by atoms with Crippen molar-refractivity contribution in [3.05, 3.63) is 34.9 Å². The van der Waals surface area contributed by atoms with Gasteiger partial charge in [0.2, 0.25) is 0 Å². The maximum Gasteiger partial charge on any atom is 0.0323 e. The van der Waals surface area contributed by atoms with E-state index in [0.29, 0.717) is 6.04 Å². The van der Waals surface area contributed by atoms with E-state index < -0.39 is 0 Å². The molecule has 0 saturated carbocycles. The Morgan fingerprint density at radius 2 is 2.12 bits per heavy atom. The highest BCUT2D eigenvalue weighted by molar-refractivity contribution is 5.41. The maximum absolute atomic E-state index is 3.68. The third kappa shape index (κ3) is 1.78. The molecule has 1 heteroatoms. The van der Waals surface area contributed by atoms with Crippen molar-refractivity contribution in [3.63, 3.8) is 0 Å². The van der Waals surface area contributed by atoms with Crippen molar-refractivity contribution >= 4 is 0 Å². The molecule has 1 heterocycles. The van der Waals surface area contributed by atoms with Crippen molar-refractivity contribution in [3.8, 4) is 0 Å². The lowest BCUT2D eigenvalue weighted by molar-refractivity contribution is 0.410. The van der Waals surface area contributed by atoms with Crippen molar-refractivity contribution in [1.82, 2.24) is 5.32 Å². The van der Waals surface area contributed by atoms with Crippen LogP contribution in [0.1, 0.15) is 48.9 Å². The predicted octanol–water partition coefficient (Wildman–Crippen LogP) is 3.24. The molecular weight excluding hydrogens is 194 g/mol. The molecule has 2 aliphatic rings. The molecule has 1 saturated heterocycles. The van der Waals surface area contributed by atoms with E-state index in [0.717, 1.165) is 5.92 Å². The van der Waals surface area contributed by atoms with Crippen molar-refractivity contribution in [2.45, 2.75) is 45.1 Å². The highest BCUT2D eigenvalue weighted by Gasteiger charge is 2.24. The molecule has 1 aliphatic heterocycles. The van der Waals surface area contributed by atoms with Crippen LogP contribution < -0.4 is 5.32 Å². The Bertz CT molecular complexity index is 377. The van der Waals surface area contributed by atoms with E-state index >= 15 is 0 Å². The van der Waals surface area contributed by atoms with Crippen molar-refractivity contribution in [2.24, 2.45) is 5.92 Å². The largest absolute Gasteiger partial charge is 0.310 e. The van der Waals surface area contributed by atoms with Gasteiger partial charge in [0.1, 0.15) is 0 Å². The quantitative estimate of drug-likeness (QED) is 0.758. The van der Waals surface area contributed by atoms with Crippen LogP contribution in [0.25, 0.3) is 0 Å². The van der Waals surface area contributed by atoms with Gasteiger partial charge in [0.15, 0.2) is 0 Å². The Morgan fingerprint density at radius 3 is 2.94 bits per heavy atom. The van der Waals surface area contributed by atoms with Gasteiger partial charge >= 0.3 is 0 Å². The number of hydrogen-bond acceptors (Lipinski definition) is 1. The van der Waals surface area contributed by atoms with Gasteiger partial charge in [-0.3, -0.25) is 0 Å². The summed E-state index contributed by atoms with van der Waals surface area (Å²) in [5.74, 6) is 0.847. The average molecular weight is 215 g/mol. The normalized spacial score (nSPS) is 29.1. The van der Waals surface area contributed by atoms with Crippen LogP contribution in [0.4, 0.5) is 0 Å². The van der Waals surface area contributed by atoms with Gasteiger partial charge in [-0.25, -0.2) is 0 Å². The fraction of sp³-hybridized carbons (Fsp3) is 0.600. The molecule has 0 aromatic heterocycles. The van der Waals surface area contributed by atoms with Crippen LogP contribution in [-0.2, 0) is 12.8 Å². The molecule has 16 heavy (non-hydrogen) atoms. The molecule has 0 bridgehead atoms. The Kier molecular flexibility index (Phi) is 2.72. The van der Waals surface area contributed by atoms with Crippen LogP contribution in [0.5, 0.6) is 0 Å². The Morgan fingerprint density at radius 1 is 1.19 bits per heavy atom. The van der Waals surface area contributed by atoms with Crippen LogP contribution in [0.2, 0.25) is 0 Å². The first kappa shape index (κ1) is 10.3. The van der Waals surface area contributed by atoms with E-state index in [1.54, 1.807) is 16.7 Å². The van der Waals surface area contributed by atoms with E-state index in [1.165, 1.54) is 38.6 Å². The van der Waals surface area contributed by atoms with E-state index in [4.69, 9.17) is 0 Å². The number of hydrogen-bond donors (Lipinski definition) is 1. The van der Waals surface area contributed by atoms with Gasteiger partial charge in [-0.05, 0) is 54.8 Å².